The third kappa shape index (κ3) is 3.15. The second-order valence-electron chi connectivity index (χ2n) is 5.45. The fourth-order valence-corrected chi connectivity index (χ4v) is 2.55. The summed E-state index contributed by atoms with van der Waals surface area (Å²) in [6.07, 6.45) is 0. The lowest BCUT2D eigenvalue weighted by Crippen LogP contribution is -1.94. The molecule has 0 atom stereocenters. The van der Waals surface area contributed by atoms with Crippen LogP contribution in [0.5, 0.6) is 0 Å². The van der Waals surface area contributed by atoms with Crippen LogP contribution in [0.3, 0.4) is 0 Å². The Morgan fingerprint density at radius 2 is 1.50 bits per heavy atom. The largest absolute Gasteiger partial charge is 0.252 e. The number of rotatable bonds is 3. The minimum atomic E-state index is 1.01. The highest BCUT2D eigenvalue weighted by atomic mass is 14.7. The van der Waals surface area contributed by atoms with Gasteiger partial charge >= 0.3 is 0 Å². The van der Waals surface area contributed by atoms with Crippen LogP contribution in [0.2, 0.25) is 0 Å². The maximum atomic E-state index is 4.86. The van der Waals surface area contributed by atoms with Gasteiger partial charge < -0.3 is 0 Å². The molecule has 0 aromatic heterocycles. The molecule has 0 saturated carbocycles. The molecule has 3 aromatic rings. The van der Waals surface area contributed by atoms with Crippen molar-refractivity contribution in [2.24, 2.45) is 4.99 Å². The van der Waals surface area contributed by atoms with E-state index < -0.39 is 0 Å². The van der Waals surface area contributed by atoms with Gasteiger partial charge in [-0.3, -0.25) is 4.99 Å². The van der Waals surface area contributed by atoms with E-state index in [2.05, 4.69) is 80.6 Å². The van der Waals surface area contributed by atoms with Crippen molar-refractivity contribution in [1.82, 2.24) is 0 Å². The second kappa shape index (κ2) is 6.40. The van der Waals surface area contributed by atoms with E-state index in [9.17, 15) is 0 Å². The van der Waals surface area contributed by atoms with E-state index in [0.29, 0.717) is 0 Å². The molecule has 0 aliphatic carbocycles. The second-order valence-corrected chi connectivity index (χ2v) is 5.45. The van der Waals surface area contributed by atoms with Gasteiger partial charge in [0.1, 0.15) is 0 Å². The van der Waals surface area contributed by atoms with Gasteiger partial charge in [0.2, 0.25) is 0 Å². The van der Waals surface area contributed by atoms with Gasteiger partial charge in [0.15, 0.2) is 0 Å². The number of nitrogens with zero attached hydrogens (tertiary/aromatic N) is 1. The van der Waals surface area contributed by atoms with Crippen molar-refractivity contribution in [2.75, 3.05) is 0 Å². The van der Waals surface area contributed by atoms with Crippen LogP contribution >= 0.6 is 0 Å². The van der Waals surface area contributed by atoms with Crippen LogP contribution in [-0.4, -0.2) is 5.71 Å². The predicted molar refractivity (Wildman–Crippen MR) is 94.9 cm³/mol. The van der Waals surface area contributed by atoms with E-state index in [1.807, 2.05) is 12.1 Å². The third-order valence-corrected chi connectivity index (χ3v) is 3.71. The van der Waals surface area contributed by atoms with Gasteiger partial charge in [-0.15, -0.1) is 0 Å². The molecule has 3 aromatic carbocycles. The quantitative estimate of drug-likeness (QED) is 0.539. The van der Waals surface area contributed by atoms with Crippen LogP contribution in [0.1, 0.15) is 18.1 Å². The summed E-state index contributed by atoms with van der Waals surface area (Å²) in [6, 6.07) is 27.1. The first-order chi connectivity index (χ1) is 10.7. The summed E-state index contributed by atoms with van der Waals surface area (Å²) in [7, 11) is 0. The molecule has 1 nitrogen and oxygen atoms in total. The lowest BCUT2D eigenvalue weighted by Gasteiger charge is -2.08. The smallest absolute Gasteiger partial charge is 0.0711 e. The molecule has 0 spiro atoms. The zero-order chi connectivity index (χ0) is 15.4. The standard InChI is InChI=1S/C21H19N/c1-16-9-8-12-19(15-16)17(2)22-21-14-7-6-13-20(21)18-10-4-3-5-11-18/h3-15H,1-2H3. The van der Waals surface area contributed by atoms with E-state index in [-0.39, 0.29) is 0 Å². The zero-order valence-electron chi connectivity index (χ0n) is 13.0. The van der Waals surface area contributed by atoms with Gasteiger partial charge in [0, 0.05) is 11.3 Å². The topological polar surface area (TPSA) is 12.4 Å². The number of aryl methyl sites for hydroxylation is 1. The lowest BCUT2D eigenvalue weighted by molar-refractivity contribution is 1.42. The summed E-state index contributed by atoms with van der Waals surface area (Å²) in [6.45, 7) is 4.17. The minimum Gasteiger partial charge on any atom is -0.252 e. The monoisotopic (exact) mass is 285 g/mol. The third-order valence-electron chi connectivity index (χ3n) is 3.71. The maximum absolute atomic E-state index is 4.86. The highest BCUT2D eigenvalue weighted by Crippen LogP contribution is 2.30. The number of benzene rings is 3. The number of para-hydroxylation sites is 1. The fraction of sp³-hybridized carbons (Fsp3) is 0.0952. The molecule has 22 heavy (non-hydrogen) atoms. The first-order valence-electron chi connectivity index (χ1n) is 7.51. The number of aliphatic imine (C=N–C) groups is 1. The molecule has 0 radical (unpaired) electrons. The van der Waals surface area contributed by atoms with E-state index in [0.717, 1.165) is 17.0 Å². The summed E-state index contributed by atoms with van der Waals surface area (Å²) in [5.74, 6) is 0. The average Bonchev–Trinajstić information content (AvgIpc) is 2.56. The molecule has 108 valence electrons. The van der Waals surface area contributed by atoms with E-state index in [1.165, 1.54) is 16.7 Å². The summed E-state index contributed by atoms with van der Waals surface area (Å²) in [4.78, 5) is 4.86. The Morgan fingerprint density at radius 3 is 2.27 bits per heavy atom. The van der Waals surface area contributed by atoms with Crippen LogP contribution in [0.15, 0.2) is 83.9 Å². The highest BCUT2D eigenvalue weighted by Gasteiger charge is 2.04. The van der Waals surface area contributed by atoms with Crippen molar-refractivity contribution in [1.29, 1.82) is 0 Å². The van der Waals surface area contributed by atoms with Gasteiger partial charge in [0.05, 0.1) is 5.69 Å². The minimum absolute atomic E-state index is 1.01. The van der Waals surface area contributed by atoms with Crippen molar-refractivity contribution >= 4 is 11.4 Å². The molecule has 0 amide bonds. The first kappa shape index (κ1) is 14.3. The highest BCUT2D eigenvalue weighted by molar-refractivity contribution is 6.01. The van der Waals surface area contributed by atoms with Crippen LogP contribution in [-0.2, 0) is 0 Å². The van der Waals surface area contributed by atoms with Crippen molar-refractivity contribution in [3.63, 3.8) is 0 Å². The lowest BCUT2D eigenvalue weighted by atomic mass is 10.0. The SMILES string of the molecule is CC(=Nc1ccccc1-c1ccccc1)c1cccc(C)c1. The molecule has 0 N–H and O–H groups in total. The Balaban J connectivity index is 2.04. The summed E-state index contributed by atoms with van der Waals surface area (Å²) in [5.41, 5.74) is 6.82. The van der Waals surface area contributed by atoms with Crippen LogP contribution in [0, 0.1) is 6.92 Å². The first-order valence-corrected chi connectivity index (χ1v) is 7.51. The average molecular weight is 285 g/mol. The molecule has 0 aliphatic rings. The fourth-order valence-electron chi connectivity index (χ4n) is 2.55. The van der Waals surface area contributed by atoms with E-state index in [4.69, 9.17) is 4.99 Å². The molecular weight excluding hydrogens is 266 g/mol. The molecule has 3 rings (SSSR count). The van der Waals surface area contributed by atoms with Gasteiger partial charge in [0.25, 0.3) is 0 Å². The molecule has 0 aliphatic heterocycles. The normalized spacial score (nSPS) is 11.5. The van der Waals surface area contributed by atoms with Crippen molar-refractivity contribution in [3.05, 3.63) is 90.0 Å². The summed E-state index contributed by atoms with van der Waals surface area (Å²) in [5, 5.41) is 0. The molecular formula is C21H19N. The van der Waals surface area contributed by atoms with Gasteiger partial charge in [-0.05, 0) is 31.0 Å². The predicted octanol–water partition coefficient (Wildman–Crippen LogP) is 5.80. The summed E-state index contributed by atoms with van der Waals surface area (Å²) < 4.78 is 0. The van der Waals surface area contributed by atoms with Gasteiger partial charge in [-0.2, -0.15) is 0 Å². The van der Waals surface area contributed by atoms with Crippen LogP contribution in [0.4, 0.5) is 5.69 Å². The molecule has 0 fully saturated rings. The van der Waals surface area contributed by atoms with Gasteiger partial charge in [-0.1, -0.05) is 78.4 Å². The van der Waals surface area contributed by atoms with Crippen molar-refractivity contribution in [3.8, 4) is 11.1 Å². The Bertz CT molecular complexity index is 801. The van der Waals surface area contributed by atoms with E-state index >= 15 is 0 Å². The van der Waals surface area contributed by atoms with Gasteiger partial charge in [-0.25, -0.2) is 0 Å². The number of hydrogen-bond donors (Lipinski definition) is 0. The molecule has 0 saturated heterocycles. The molecule has 0 heterocycles. The molecule has 0 unspecified atom stereocenters. The Labute approximate surface area is 132 Å². The van der Waals surface area contributed by atoms with Crippen LogP contribution < -0.4 is 0 Å². The maximum Gasteiger partial charge on any atom is 0.0711 e. The summed E-state index contributed by atoms with van der Waals surface area (Å²) >= 11 is 0. The van der Waals surface area contributed by atoms with Crippen LogP contribution in [0.25, 0.3) is 11.1 Å². The zero-order valence-corrected chi connectivity index (χ0v) is 13.0. The van der Waals surface area contributed by atoms with Crippen molar-refractivity contribution < 1.29 is 0 Å². The number of hydrogen-bond acceptors (Lipinski definition) is 1. The van der Waals surface area contributed by atoms with Crippen molar-refractivity contribution in [2.45, 2.75) is 13.8 Å². The van der Waals surface area contributed by atoms with E-state index in [1.54, 1.807) is 0 Å². The molecule has 1 heteroatoms. The Morgan fingerprint density at radius 1 is 0.773 bits per heavy atom. The molecule has 0 bridgehead atoms. The Kier molecular flexibility index (Phi) is 4.15. The Hall–Kier alpha value is -2.67.